The smallest absolute Gasteiger partial charge is 0.273 e. The van der Waals surface area contributed by atoms with Crippen LogP contribution in [0.2, 0.25) is 0 Å². The third-order valence-corrected chi connectivity index (χ3v) is 3.85. The van der Waals surface area contributed by atoms with E-state index in [0.29, 0.717) is 12.3 Å². The zero-order valence-corrected chi connectivity index (χ0v) is 13.8. The average Bonchev–Trinajstić information content (AvgIpc) is 3.39. The van der Waals surface area contributed by atoms with E-state index in [1.54, 1.807) is 24.7 Å². The van der Waals surface area contributed by atoms with E-state index >= 15 is 0 Å². The Bertz CT molecular complexity index is 1010. The number of nitrogens with one attached hydrogen (secondary N) is 1. The standard InChI is InChI=1S/C20H15N3O3/c24-20(17-10-19(26-23-17)15-5-2-1-3-6-15)22-12-14-9-16(13-21-11-14)18-7-4-8-25-18/h1-11,13H,12H2,(H,22,24). The molecule has 0 spiro atoms. The quantitative estimate of drug-likeness (QED) is 0.593. The lowest BCUT2D eigenvalue weighted by Crippen LogP contribution is -2.23. The molecule has 0 unspecified atom stereocenters. The molecule has 6 nitrogen and oxygen atoms in total. The first kappa shape index (κ1) is 15.8. The van der Waals surface area contributed by atoms with Gasteiger partial charge in [0, 0.05) is 36.1 Å². The maximum absolute atomic E-state index is 12.3. The molecule has 6 heteroatoms. The SMILES string of the molecule is O=C(NCc1cncc(-c2ccco2)c1)c1cc(-c2ccccc2)on1. The fourth-order valence-electron chi connectivity index (χ4n) is 2.56. The van der Waals surface area contributed by atoms with Gasteiger partial charge in [0.15, 0.2) is 11.5 Å². The Kier molecular flexibility index (Phi) is 4.30. The fraction of sp³-hybridized carbons (Fsp3) is 0.0500. The highest BCUT2D eigenvalue weighted by atomic mass is 16.5. The summed E-state index contributed by atoms with van der Waals surface area (Å²) in [6.45, 7) is 0.327. The number of carbonyl (C=O) groups is 1. The molecule has 3 aromatic heterocycles. The van der Waals surface area contributed by atoms with Crippen LogP contribution < -0.4 is 5.32 Å². The highest BCUT2D eigenvalue weighted by Crippen LogP contribution is 2.21. The van der Waals surface area contributed by atoms with Crippen LogP contribution in [0.1, 0.15) is 16.1 Å². The molecular weight excluding hydrogens is 330 g/mol. The summed E-state index contributed by atoms with van der Waals surface area (Å²) in [6.07, 6.45) is 5.03. The molecular formula is C20H15N3O3. The second-order valence-electron chi connectivity index (χ2n) is 5.68. The van der Waals surface area contributed by atoms with Gasteiger partial charge in [-0.15, -0.1) is 0 Å². The summed E-state index contributed by atoms with van der Waals surface area (Å²) in [7, 11) is 0. The first-order valence-corrected chi connectivity index (χ1v) is 8.08. The van der Waals surface area contributed by atoms with Gasteiger partial charge in [0.05, 0.1) is 6.26 Å². The number of nitrogens with zero attached hydrogens (tertiary/aromatic N) is 2. The van der Waals surface area contributed by atoms with Crippen molar-refractivity contribution in [2.75, 3.05) is 0 Å². The topological polar surface area (TPSA) is 81.2 Å². The minimum atomic E-state index is -0.306. The summed E-state index contributed by atoms with van der Waals surface area (Å²) in [5.74, 6) is 0.978. The van der Waals surface area contributed by atoms with E-state index in [4.69, 9.17) is 8.94 Å². The molecule has 0 aliphatic heterocycles. The Hall–Kier alpha value is -3.67. The van der Waals surface area contributed by atoms with Gasteiger partial charge in [-0.05, 0) is 23.8 Å². The molecule has 0 saturated carbocycles. The first-order chi connectivity index (χ1) is 12.8. The molecule has 3 heterocycles. The van der Waals surface area contributed by atoms with Crippen LogP contribution in [-0.2, 0) is 6.54 Å². The summed E-state index contributed by atoms with van der Waals surface area (Å²) in [6, 6.07) is 16.7. The van der Waals surface area contributed by atoms with Gasteiger partial charge in [0.2, 0.25) is 0 Å². The molecule has 26 heavy (non-hydrogen) atoms. The predicted octanol–water partition coefficient (Wildman–Crippen LogP) is 3.93. The van der Waals surface area contributed by atoms with Crippen LogP contribution in [-0.4, -0.2) is 16.0 Å². The molecule has 1 aromatic carbocycles. The van der Waals surface area contributed by atoms with Crippen LogP contribution in [0, 0.1) is 0 Å². The van der Waals surface area contributed by atoms with Crippen LogP contribution in [0.5, 0.6) is 0 Å². The van der Waals surface area contributed by atoms with Crippen molar-refractivity contribution < 1.29 is 13.7 Å². The van der Waals surface area contributed by atoms with Gasteiger partial charge >= 0.3 is 0 Å². The van der Waals surface area contributed by atoms with Gasteiger partial charge in [-0.3, -0.25) is 9.78 Å². The number of rotatable bonds is 5. The Morgan fingerprint density at radius 3 is 2.65 bits per heavy atom. The van der Waals surface area contributed by atoms with Gasteiger partial charge in [-0.1, -0.05) is 35.5 Å². The van der Waals surface area contributed by atoms with Crippen molar-refractivity contribution in [3.05, 3.63) is 84.5 Å². The van der Waals surface area contributed by atoms with Crippen molar-refractivity contribution in [3.63, 3.8) is 0 Å². The van der Waals surface area contributed by atoms with Crippen molar-refractivity contribution in [1.29, 1.82) is 0 Å². The number of furan rings is 1. The minimum absolute atomic E-state index is 0.235. The van der Waals surface area contributed by atoms with E-state index in [1.807, 2.05) is 48.5 Å². The molecule has 1 N–H and O–H groups in total. The minimum Gasteiger partial charge on any atom is -0.464 e. The summed E-state index contributed by atoms with van der Waals surface area (Å²) in [4.78, 5) is 16.5. The summed E-state index contributed by atoms with van der Waals surface area (Å²) in [5, 5.41) is 6.67. The largest absolute Gasteiger partial charge is 0.464 e. The maximum Gasteiger partial charge on any atom is 0.273 e. The predicted molar refractivity (Wildman–Crippen MR) is 95.0 cm³/mol. The average molecular weight is 345 g/mol. The monoisotopic (exact) mass is 345 g/mol. The molecule has 0 saturated heterocycles. The Morgan fingerprint density at radius 2 is 1.85 bits per heavy atom. The number of hydrogen-bond donors (Lipinski definition) is 1. The lowest BCUT2D eigenvalue weighted by Gasteiger charge is -2.04. The number of pyridine rings is 1. The zero-order valence-electron chi connectivity index (χ0n) is 13.8. The fourth-order valence-corrected chi connectivity index (χ4v) is 2.56. The normalized spacial score (nSPS) is 10.6. The van der Waals surface area contributed by atoms with Crippen LogP contribution in [0.15, 0.2) is 82.2 Å². The number of aromatic nitrogens is 2. The van der Waals surface area contributed by atoms with Crippen molar-refractivity contribution in [3.8, 4) is 22.6 Å². The van der Waals surface area contributed by atoms with E-state index in [9.17, 15) is 4.79 Å². The number of carbonyl (C=O) groups excluding carboxylic acids is 1. The molecule has 0 atom stereocenters. The molecule has 0 fully saturated rings. The van der Waals surface area contributed by atoms with E-state index in [0.717, 1.165) is 22.5 Å². The molecule has 4 aromatic rings. The van der Waals surface area contributed by atoms with Gasteiger partial charge in [0.25, 0.3) is 5.91 Å². The van der Waals surface area contributed by atoms with Gasteiger partial charge in [-0.2, -0.15) is 0 Å². The second kappa shape index (κ2) is 7.06. The van der Waals surface area contributed by atoms with Crippen molar-refractivity contribution >= 4 is 5.91 Å². The number of amides is 1. The Balaban J connectivity index is 1.43. The van der Waals surface area contributed by atoms with E-state index in [-0.39, 0.29) is 11.6 Å². The van der Waals surface area contributed by atoms with Gasteiger partial charge < -0.3 is 14.3 Å². The van der Waals surface area contributed by atoms with Crippen molar-refractivity contribution in [2.45, 2.75) is 6.54 Å². The van der Waals surface area contributed by atoms with Crippen LogP contribution >= 0.6 is 0 Å². The van der Waals surface area contributed by atoms with Crippen LogP contribution in [0.25, 0.3) is 22.6 Å². The van der Waals surface area contributed by atoms with Gasteiger partial charge in [-0.25, -0.2) is 0 Å². The van der Waals surface area contributed by atoms with Crippen LogP contribution in [0.3, 0.4) is 0 Å². The number of hydrogen-bond acceptors (Lipinski definition) is 5. The molecule has 0 aliphatic rings. The third kappa shape index (κ3) is 3.39. The molecule has 4 rings (SSSR count). The molecule has 0 aliphatic carbocycles. The van der Waals surface area contributed by atoms with Crippen molar-refractivity contribution in [1.82, 2.24) is 15.5 Å². The maximum atomic E-state index is 12.3. The van der Waals surface area contributed by atoms with E-state index < -0.39 is 0 Å². The highest BCUT2D eigenvalue weighted by molar-refractivity contribution is 5.93. The summed E-state index contributed by atoms with van der Waals surface area (Å²) < 4.78 is 10.6. The molecule has 0 radical (unpaired) electrons. The molecule has 1 amide bonds. The number of benzene rings is 1. The van der Waals surface area contributed by atoms with Crippen LogP contribution in [0.4, 0.5) is 0 Å². The van der Waals surface area contributed by atoms with Crippen molar-refractivity contribution in [2.24, 2.45) is 0 Å². The lowest BCUT2D eigenvalue weighted by molar-refractivity contribution is 0.0942. The summed E-state index contributed by atoms with van der Waals surface area (Å²) >= 11 is 0. The second-order valence-corrected chi connectivity index (χ2v) is 5.68. The highest BCUT2D eigenvalue weighted by Gasteiger charge is 2.13. The van der Waals surface area contributed by atoms with E-state index in [1.165, 1.54) is 0 Å². The Labute approximate surface area is 149 Å². The van der Waals surface area contributed by atoms with E-state index in [2.05, 4.69) is 15.5 Å². The van der Waals surface area contributed by atoms with Gasteiger partial charge in [0.1, 0.15) is 5.76 Å². The summed E-state index contributed by atoms with van der Waals surface area (Å²) in [5.41, 5.74) is 2.82. The third-order valence-electron chi connectivity index (χ3n) is 3.85. The molecule has 0 bridgehead atoms. The molecule has 128 valence electrons. The first-order valence-electron chi connectivity index (χ1n) is 8.08. The lowest BCUT2D eigenvalue weighted by atomic mass is 10.1. The zero-order chi connectivity index (χ0) is 17.8. The Morgan fingerprint density at radius 1 is 0.962 bits per heavy atom.